The van der Waals surface area contributed by atoms with Crippen molar-refractivity contribution in [1.29, 1.82) is 5.26 Å². The van der Waals surface area contributed by atoms with Gasteiger partial charge in [0.15, 0.2) is 5.78 Å². The minimum Gasteiger partial charge on any atom is -0.462 e. The highest BCUT2D eigenvalue weighted by Crippen LogP contribution is 2.36. The van der Waals surface area contributed by atoms with E-state index < -0.39 is 18.0 Å². The van der Waals surface area contributed by atoms with Gasteiger partial charge < -0.3 is 19.4 Å². The van der Waals surface area contributed by atoms with E-state index in [4.69, 9.17) is 14.7 Å². The summed E-state index contributed by atoms with van der Waals surface area (Å²) in [6.45, 7) is 5.95. The van der Waals surface area contributed by atoms with Gasteiger partial charge >= 0.3 is 6.01 Å². The maximum Gasteiger partial charge on any atom is 0.318 e. The molecule has 252 valence electrons. The van der Waals surface area contributed by atoms with Crippen molar-refractivity contribution < 1.29 is 23.1 Å². The van der Waals surface area contributed by atoms with Crippen LogP contribution in [0.5, 0.6) is 6.01 Å². The second-order valence-electron chi connectivity index (χ2n) is 13.0. The number of piperazine rings is 1. The summed E-state index contributed by atoms with van der Waals surface area (Å²) in [5.74, 6) is -2.53. The molecule has 0 saturated carbocycles. The Kier molecular flexibility index (Phi) is 9.60. The highest BCUT2D eigenvalue weighted by molar-refractivity contribution is 5.98. The number of likely N-dealkylation sites (N-methyl/N-ethyl adjacent to an activating group) is 1. The van der Waals surface area contributed by atoms with E-state index in [0.29, 0.717) is 44.8 Å². The number of nitriles is 1. The maximum atomic E-state index is 14.1. The van der Waals surface area contributed by atoms with Crippen LogP contribution in [-0.2, 0) is 22.6 Å². The van der Waals surface area contributed by atoms with Crippen LogP contribution in [-0.4, -0.2) is 95.8 Å². The Labute approximate surface area is 279 Å². The quantitative estimate of drug-likeness (QED) is 0.303. The maximum absolute atomic E-state index is 14.1. The summed E-state index contributed by atoms with van der Waals surface area (Å²) in [7, 11) is 1.67. The number of alkyl halides is 2. The summed E-state index contributed by atoms with van der Waals surface area (Å²) in [5.41, 5.74) is 4.07. The van der Waals surface area contributed by atoms with Crippen LogP contribution >= 0.6 is 0 Å². The molecule has 3 aromatic rings. The van der Waals surface area contributed by atoms with Crippen molar-refractivity contribution in [3.8, 4) is 12.1 Å². The van der Waals surface area contributed by atoms with Crippen LogP contribution in [0.15, 0.2) is 48.6 Å². The molecule has 3 aliphatic rings. The number of benzene rings is 2. The first-order valence-corrected chi connectivity index (χ1v) is 16.5. The van der Waals surface area contributed by atoms with Gasteiger partial charge in [-0.25, -0.2) is 8.78 Å². The van der Waals surface area contributed by atoms with Crippen molar-refractivity contribution in [3.05, 3.63) is 65.4 Å². The molecule has 1 amide bonds. The second-order valence-corrected chi connectivity index (χ2v) is 13.0. The van der Waals surface area contributed by atoms with Crippen molar-refractivity contribution >= 4 is 34.0 Å². The van der Waals surface area contributed by atoms with Crippen LogP contribution in [0.25, 0.3) is 10.8 Å². The van der Waals surface area contributed by atoms with Gasteiger partial charge in [-0.15, -0.1) is 0 Å². The van der Waals surface area contributed by atoms with Crippen molar-refractivity contribution in [1.82, 2.24) is 19.8 Å². The van der Waals surface area contributed by atoms with Gasteiger partial charge in [0.25, 0.3) is 5.92 Å². The third kappa shape index (κ3) is 6.97. The molecule has 0 bridgehead atoms. The number of fused-ring (bicyclic) bond motifs is 2. The molecule has 0 radical (unpaired) electrons. The number of allylic oxidation sites excluding steroid dienone is 1. The smallest absolute Gasteiger partial charge is 0.318 e. The van der Waals surface area contributed by atoms with E-state index >= 15 is 0 Å². The zero-order chi connectivity index (χ0) is 34.0. The fraction of sp³-hybridized carbons (Fsp3) is 0.472. The first-order valence-electron chi connectivity index (χ1n) is 16.5. The number of carbonyl (C=O) groups excluding carboxylic acids is 2. The van der Waals surface area contributed by atoms with E-state index in [0.717, 1.165) is 28.9 Å². The van der Waals surface area contributed by atoms with E-state index in [1.807, 2.05) is 0 Å². The van der Waals surface area contributed by atoms with Gasteiger partial charge in [0.1, 0.15) is 12.4 Å². The number of ketones is 1. The zero-order valence-corrected chi connectivity index (χ0v) is 27.7. The number of aryl methyl sites for hydroxylation is 1. The molecule has 0 unspecified atom stereocenters. The number of hydrogen-bond acceptors (Lipinski definition) is 9. The first-order chi connectivity index (χ1) is 23.1. The molecule has 6 rings (SSSR count). The van der Waals surface area contributed by atoms with Crippen LogP contribution in [0.2, 0.25) is 0 Å². The average Bonchev–Trinajstić information content (AvgIpc) is 3.35. The normalized spacial score (nSPS) is 21.0. The lowest BCUT2D eigenvalue weighted by Crippen LogP contribution is -2.55. The lowest BCUT2D eigenvalue weighted by atomic mass is 9.99. The molecule has 0 aliphatic carbocycles. The van der Waals surface area contributed by atoms with Crippen molar-refractivity contribution in [2.45, 2.75) is 64.1 Å². The monoisotopic (exact) mass is 657 g/mol. The number of halogens is 2. The van der Waals surface area contributed by atoms with Gasteiger partial charge in [-0.2, -0.15) is 15.2 Å². The fourth-order valence-electron chi connectivity index (χ4n) is 7.10. The third-order valence-electron chi connectivity index (χ3n) is 9.65. The Balaban J connectivity index is 1.31. The molecule has 2 fully saturated rings. The standard InChI is InChI=1S/C36H41F2N7O3/c1-4-28(46)11-12-32(47)45-18-17-44(20-26(45)13-15-39)34-29-14-16-43(31-10-6-9-25-8-5-7-24(2)33(25)31)21-30(29)40-35(41-34)48-22-27-19-36(37,38)23-42(27)3/h5-12,26-27H,4,13-14,16-23H2,1-3H3/b12-11+/t26-,27-/m0/s1. The second kappa shape index (κ2) is 13.8. The lowest BCUT2D eigenvalue weighted by Gasteiger charge is -2.42. The molecular weight excluding hydrogens is 616 g/mol. The van der Waals surface area contributed by atoms with Gasteiger partial charge in [0.2, 0.25) is 5.91 Å². The average molecular weight is 658 g/mol. The predicted molar refractivity (Wildman–Crippen MR) is 179 cm³/mol. The number of carbonyl (C=O) groups is 2. The molecule has 1 aromatic heterocycles. The molecule has 2 saturated heterocycles. The summed E-state index contributed by atoms with van der Waals surface area (Å²) >= 11 is 0. The number of likely N-dealkylation sites (tertiary alicyclic amines) is 1. The molecule has 0 N–H and O–H groups in total. The number of ether oxygens (including phenoxy) is 1. The molecule has 3 aliphatic heterocycles. The van der Waals surface area contributed by atoms with Crippen molar-refractivity contribution in [2.75, 3.05) is 56.2 Å². The Bertz CT molecular complexity index is 1770. The molecular formula is C36H41F2N7O3. The Morgan fingerprint density at radius 2 is 1.88 bits per heavy atom. The zero-order valence-electron chi connectivity index (χ0n) is 27.7. The molecule has 48 heavy (non-hydrogen) atoms. The van der Waals surface area contributed by atoms with Gasteiger partial charge in [-0.3, -0.25) is 14.5 Å². The van der Waals surface area contributed by atoms with E-state index in [-0.39, 0.29) is 43.7 Å². The molecule has 2 aromatic carbocycles. The topological polar surface area (TPSA) is 106 Å². The SMILES string of the molecule is CCC(=O)/C=C/C(=O)N1CCN(c2nc(OC[C@@H]3CC(F)(F)CN3C)nc3c2CCN(c2cccc4cccc(C)c24)C3)C[C@@H]1CC#N. The summed E-state index contributed by atoms with van der Waals surface area (Å²) in [5, 5.41) is 12.0. The largest absolute Gasteiger partial charge is 0.462 e. The number of amides is 1. The Morgan fingerprint density at radius 1 is 1.08 bits per heavy atom. The summed E-state index contributed by atoms with van der Waals surface area (Å²) in [6.07, 6.45) is 3.37. The Hall–Kier alpha value is -4.63. The van der Waals surface area contributed by atoms with Gasteiger partial charge in [-0.1, -0.05) is 37.3 Å². The van der Waals surface area contributed by atoms with Crippen LogP contribution in [0.1, 0.15) is 43.0 Å². The third-order valence-corrected chi connectivity index (χ3v) is 9.65. The highest BCUT2D eigenvalue weighted by atomic mass is 19.3. The number of anilines is 2. The minimum absolute atomic E-state index is 0.0265. The predicted octanol–water partition coefficient (Wildman–Crippen LogP) is 4.69. The molecule has 0 spiro atoms. The summed E-state index contributed by atoms with van der Waals surface area (Å²) in [4.78, 5) is 42.2. The van der Waals surface area contributed by atoms with Gasteiger partial charge in [0, 0.05) is 67.8 Å². The summed E-state index contributed by atoms with van der Waals surface area (Å²) in [6, 6.07) is 14.0. The molecule has 2 atom stereocenters. The van der Waals surface area contributed by atoms with Gasteiger partial charge in [-0.05, 0) is 43.5 Å². The molecule has 10 nitrogen and oxygen atoms in total. The number of aromatic nitrogens is 2. The van der Waals surface area contributed by atoms with Crippen LogP contribution in [0.3, 0.4) is 0 Å². The minimum atomic E-state index is -2.77. The van der Waals surface area contributed by atoms with Crippen LogP contribution in [0.4, 0.5) is 20.3 Å². The van der Waals surface area contributed by atoms with Crippen LogP contribution < -0.4 is 14.5 Å². The lowest BCUT2D eigenvalue weighted by molar-refractivity contribution is -0.128. The van der Waals surface area contributed by atoms with Crippen LogP contribution in [0, 0.1) is 18.3 Å². The summed E-state index contributed by atoms with van der Waals surface area (Å²) < 4.78 is 34.3. The Morgan fingerprint density at radius 3 is 2.60 bits per heavy atom. The van der Waals surface area contributed by atoms with E-state index in [9.17, 15) is 23.6 Å². The van der Waals surface area contributed by atoms with Crippen molar-refractivity contribution in [3.63, 3.8) is 0 Å². The van der Waals surface area contributed by atoms with E-state index in [1.165, 1.54) is 23.1 Å². The number of hydrogen-bond donors (Lipinski definition) is 0. The fourth-order valence-corrected chi connectivity index (χ4v) is 7.10. The molecule has 12 heteroatoms. The first kappa shape index (κ1) is 33.3. The molecule has 4 heterocycles. The van der Waals surface area contributed by atoms with Crippen molar-refractivity contribution in [2.24, 2.45) is 0 Å². The van der Waals surface area contributed by atoms with E-state index in [2.05, 4.69) is 59.2 Å². The highest BCUT2D eigenvalue weighted by Gasteiger charge is 2.43. The number of rotatable bonds is 9. The van der Waals surface area contributed by atoms with Gasteiger partial charge in [0.05, 0.1) is 37.3 Å². The number of nitrogens with zero attached hydrogens (tertiary/aromatic N) is 7. The van der Waals surface area contributed by atoms with E-state index in [1.54, 1.807) is 23.8 Å².